The first-order chi connectivity index (χ1) is 14.0. The van der Waals surface area contributed by atoms with Gasteiger partial charge in [0.25, 0.3) is 5.91 Å². The van der Waals surface area contributed by atoms with Gasteiger partial charge in [0.1, 0.15) is 5.75 Å². The fourth-order valence-electron chi connectivity index (χ4n) is 3.24. The van der Waals surface area contributed by atoms with Crippen LogP contribution in [0.4, 0.5) is 5.69 Å². The van der Waals surface area contributed by atoms with Crippen LogP contribution < -0.4 is 10.1 Å². The van der Waals surface area contributed by atoms with Gasteiger partial charge in [-0.05, 0) is 49.9 Å². The standard InChI is InChI=1S/C21H22N2O6/c1-27-20(25)13-7-8-15(21(26)28-2)17(11-13)23-19(24)12-29-18-9-10-22-16-6-4-3-5-14(16)18/h7-11H,3-6,12H2,1-2H3,(H,23,24). The minimum Gasteiger partial charge on any atom is -0.483 e. The van der Waals surface area contributed by atoms with Crippen molar-refractivity contribution in [3.63, 3.8) is 0 Å². The molecule has 1 heterocycles. The first kappa shape index (κ1) is 20.3. The highest BCUT2D eigenvalue weighted by Crippen LogP contribution is 2.28. The van der Waals surface area contributed by atoms with Gasteiger partial charge in [-0.15, -0.1) is 0 Å². The Labute approximate surface area is 168 Å². The van der Waals surface area contributed by atoms with Crippen molar-refractivity contribution in [3.05, 3.63) is 52.8 Å². The molecular formula is C21H22N2O6. The monoisotopic (exact) mass is 398 g/mol. The summed E-state index contributed by atoms with van der Waals surface area (Å²) in [5.74, 6) is -1.06. The second-order valence-corrected chi connectivity index (χ2v) is 6.52. The van der Waals surface area contributed by atoms with Crippen LogP contribution in [0.15, 0.2) is 30.5 Å². The number of benzene rings is 1. The molecule has 0 unspecified atom stereocenters. The molecule has 0 spiro atoms. The number of ether oxygens (including phenoxy) is 3. The normalized spacial score (nSPS) is 12.5. The van der Waals surface area contributed by atoms with Crippen LogP contribution in [0.3, 0.4) is 0 Å². The van der Waals surface area contributed by atoms with Gasteiger partial charge in [0.2, 0.25) is 0 Å². The predicted molar refractivity (Wildman–Crippen MR) is 104 cm³/mol. The third-order valence-electron chi connectivity index (χ3n) is 4.67. The average Bonchev–Trinajstić information content (AvgIpc) is 2.76. The Morgan fingerprint density at radius 2 is 1.79 bits per heavy atom. The second kappa shape index (κ2) is 9.18. The number of carbonyl (C=O) groups excluding carboxylic acids is 3. The molecule has 1 aliphatic rings. The summed E-state index contributed by atoms with van der Waals surface area (Å²) < 4.78 is 15.1. The Morgan fingerprint density at radius 1 is 1.03 bits per heavy atom. The summed E-state index contributed by atoms with van der Waals surface area (Å²) in [4.78, 5) is 40.6. The van der Waals surface area contributed by atoms with Gasteiger partial charge >= 0.3 is 11.9 Å². The lowest BCUT2D eigenvalue weighted by molar-refractivity contribution is -0.118. The second-order valence-electron chi connectivity index (χ2n) is 6.52. The molecule has 1 aliphatic carbocycles. The zero-order valence-electron chi connectivity index (χ0n) is 16.3. The number of amides is 1. The molecule has 8 nitrogen and oxygen atoms in total. The van der Waals surface area contributed by atoms with Crippen LogP contribution in [0.2, 0.25) is 0 Å². The van der Waals surface area contributed by atoms with Crippen LogP contribution in [0.25, 0.3) is 0 Å². The lowest BCUT2D eigenvalue weighted by atomic mass is 9.95. The maximum atomic E-state index is 12.4. The minimum absolute atomic E-state index is 0.120. The number of carbonyl (C=O) groups is 3. The van der Waals surface area contributed by atoms with Gasteiger partial charge in [-0.25, -0.2) is 9.59 Å². The van der Waals surface area contributed by atoms with E-state index in [1.807, 2.05) is 0 Å². The number of methoxy groups -OCH3 is 2. The number of nitrogens with zero attached hydrogens (tertiary/aromatic N) is 1. The molecule has 8 heteroatoms. The number of anilines is 1. The van der Waals surface area contributed by atoms with E-state index in [1.54, 1.807) is 12.3 Å². The molecule has 0 aliphatic heterocycles. The van der Waals surface area contributed by atoms with E-state index < -0.39 is 17.8 Å². The maximum absolute atomic E-state index is 12.4. The molecule has 1 amide bonds. The van der Waals surface area contributed by atoms with E-state index in [4.69, 9.17) is 9.47 Å². The third-order valence-corrected chi connectivity index (χ3v) is 4.67. The van der Waals surface area contributed by atoms with Crippen molar-refractivity contribution in [2.45, 2.75) is 25.7 Å². The Morgan fingerprint density at radius 3 is 2.55 bits per heavy atom. The first-order valence-corrected chi connectivity index (χ1v) is 9.23. The molecule has 0 bridgehead atoms. The smallest absolute Gasteiger partial charge is 0.339 e. The maximum Gasteiger partial charge on any atom is 0.339 e. The molecule has 1 N–H and O–H groups in total. The Hall–Kier alpha value is -3.42. The van der Waals surface area contributed by atoms with Gasteiger partial charge in [-0.3, -0.25) is 9.78 Å². The highest BCUT2D eigenvalue weighted by molar-refractivity contribution is 6.03. The van der Waals surface area contributed by atoms with E-state index in [0.717, 1.165) is 36.9 Å². The van der Waals surface area contributed by atoms with Gasteiger partial charge < -0.3 is 19.5 Å². The molecule has 2 aromatic rings. The van der Waals surface area contributed by atoms with Gasteiger partial charge in [0.15, 0.2) is 6.61 Å². The molecule has 0 saturated carbocycles. The summed E-state index contributed by atoms with van der Waals surface area (Å²) in [5.41, 5.74) is 2.50. The molecule has 0 radical (unpaired) electrons. The third kappa shape index (κ3) is 4.71. The fraction of sp³-hybridized carbons (Fsp3) is 0.333. The molecule has 152 valence electrons. The number of fused-ring (bicyclic) bond motifs is 1. The van der Waals surface area contributed by atoms with E-state index in [9.17, 15) is 14.4 Å². The Kier molecular flexibility index (Phi) is 6.43. The summed E-state index contributed by atoms with van der Waals surface area (Å²) in [6, 6.07) is 5.93. The first-order valence-electron chi connectivity index (χ1n) is 9.23. The van der Waals surface area contributed by atoms with E-state index in [0.29, 0.717) is 5.75 Å². The van der Waals surface area contributed by atoms with Crippen LogP contribution in [0, 0.1) is 0 Å². The summed E-state index contributed by atoms with van der Waals surface area (Å²) in [5, 5.41) is 2.61. The van der Waals surface area contributed by atoms with Crippen LogP contribution in [0.1, 0.15) is 44.8 Å². The molecule has 1 aromatic carbocycles. The summed E-state index contributed by atoms with van der Waals surface area (Å²) in [6.45, 7) is -0.250. The van der Waals surface area contributed by atoms with Crippen molar-refractivity contribution in [2.75, 3.05) is 26.1 Å². The largest absolute Gasteiger partial charge is 0.483 e. The quantitative estimate of drug-likeness (QED) is 0.746. The topological polar surface area (TPSA) is 104 Å². The molecule has 1 aromatic heterocycles. The number of rotatable bonds is 6. The number of aromatic nitrogens is 1. The molecule has 0 atom stereocenters. The van der Waals surface area contributed by atoms with E-state index in [1.165, 1.54) is 32.4 Å². The summed E-state index contributed by atoms with van der Waals surface area (Å²) in [6.07, 6.45) is 5.60. The Balaban J connectivity index is 1.74. The number of hydrogen-bond donors (Lipinski definition) is 1. The zero-order chi connectivity index (χ0) is 20.8. The molecule has 0 saturated heterocycles. The Bertz CT molecular complexity index is 941. The lowest BCUT2D eigenvalue weighted by Gasteiger charge is -2.18. The van der Waals surface area contributed by atoms with Crippen molar-refractivity contribution in [2.24, 2.45) is 0 Å². The van der Waals surface area contributed by atoms with E-state index in [-0.39, 0.29) is 23.4 Å². The molecule has 3 rings (SSSR count). The van der Waals surface area contributed by atoms with Crippen molar-refractivity contribution in [1.82, 2.24) is 4.98 Å². The number of pyridine rings is 1. The van der Waals surface area contributed by atoms with Gasteiger partial charge in [-0.2, -0.15) is 0 Å². The van der Waals surface area contributed by atoms with Gasteiger partial charge in [-0.1, -0.05) is 0 Å². The molecule has 0 fully saturated rings. The van der Waals surface area contributed by atoms with Crippen LogP contribution in [-0.2, 0) is 27.1 Å². The summed E-state index contributed by atoms with van der Waals surface area (Å²) >= 11 is 0. The lowest BCUT2D eigenvalue weighted by Crippen LogP contribution is -2.23. The van der Waals surface area contributed by atoms with Gasteiger partial charge in [0.05, 0.1) is 31.0 Å². The minimum atomic E-state index is -0.638. The zero-order valence-corrected chi connectivity index (χ0v) is 16.3. The number of hydrogen-bond acceptors (Lipinski definition) is 7. The van der Waals surface area contributed by atoms with Crippen LogP contribution in [-0.4, -0.2) is 43.7 Å². The SMILES string of the molecule is COC(=O)c1ccc(C(=O)OC)c(NC(=O)COc2ccnc3c2CCCC3)c1. The van der Waals surface area contributed by atoms with Crippen molar-refractivity contribution in [1.29, 1.82) is 0 Å². The van der Waals surface area contributed by atoms with Crippen molar-refractivity contribution >= 4 is 23.5 Å². The summed E-state index contributed by atoms with van der Waals surface area (Å²) in [7, 11) is 2.48. The van der Waals surface area contributed by atoms with Crippen molar-refractivity contribution < 1.29 is 28.6 Å². The molecule has 29 heavy (non-hydrogen) atoms. The van der Waals surface area contributed by atoms with Gasteiger partial charge in [0, 0.05) is 17.5 Å². The van der Waals surface area contributed by atoms with Crippen LogP contribution >= 0.6 is 0 Å². The van der Waals surface area contributed by atoms with Crippen LogP contribution in [0.5, 0.6) is 5.75 Å². The van der Waals surface area contributed by atoms with E-state index >= 15 is 0 Å². The molecular weight excluding hydrogens is 376 g/mol. The average molecular weight is 398 g/mol. The fourth-order valence-corrected chi connectivity index (χ4v) is 3.24. The predicted octanol–water partition coefficient (Wildman–Crippen LogP) is 2.55. The number of aryl methyl sites for hydroxylation is 1. The van der Waals surface area contributed by atoms with E-state index in [2.05, 4.69) is 15.0 Å². The van der Waals surface area contributed by atoms with Crippen molar-refractivity contribution in [3.8, 4) is 5.75 Å². The highest BCUT2D eigenvalue weighted by Gasteiger charge is 2.19. The number of nitrogens with one attached hydrogen (secondary N) is 1. The number of esters is 2. The highest BCUT2D eigenvalue weighted by atomic mass is 16.5.